The van der Waals surface area contributed by atoms with Crippen LogP contribution in [0.25, 0.3) is 0 Å². The molecule has 1 aromatic carbocycles. The van der Waals surface area contributed by atoms with E-state index in [1.165, 1.54) is 6.33 Å². The largest absolute Gasteiger partial charge is 0.493 e. The van der Waals surface area contributed by atoms with E-state index >= 15 is 0 Å². The summed E-state index contributed by atoms with van der Waals surface area (Å²) in [6.07, 6.45) is 2.41. The summed E-state index contributed by atoms with van der Waals surface area (Å²) in [7, 11) is 0. The molecule has 2 heterocycles. The van der Waals surface area contributed by atoms with Gasteiger partial charge in [0.1, 0.15) is 23.7 Å². The Balaban J connectivity index is 1.94. The number of nitrogen functional groups attached to an aromatic ring is 1. The summed E-state index contributed by atoms with van der Waals surface area (Å²) >= 11 is 0. The summed E-state index contributed by atoms with van der Waals surface area (Å²) in [6, 6.07) is 8.29. The maximum atomic E-state index is 6.01. The maximum Gasteiger partial charge on any atom is 0.135 e. The molecule has 3 rings (SSSR count). The van der Waals surface area contributed by atoms with E-state index in [0.29, 0.717) is 12.4 Å². The predicted molar refractivity (Wildman–Crippen MR) is 83.5 cm³/mol. The minimum Gasteiger partial charge on any atom is -0.493 e. The Labute approximate surface area is 124 Å². The SMILES string of the molecule is CC(C)c1c(N)ncnc1NC1CCOc2ccccc21. The van der Waals surface area contributed by atoms with Crippen LogP contribution in [-0.4, -0.2) is 16.6 Å². The second kappa shape index (κ2) is 5.60. The third-order valence-electron chi connectivity index (χ3n) is 3.76. The first-order valence-electron chi connectivity index (χ1n) is 7.25. The molecular formula is C16H20N4O. The average molecular weight is 284 g/mol. The molecule has 0 radical (unpaired) electrons. The van der Waals surface area contributed by atoms with Crippen molar-refractivity contribution in [1.82, 2.24) is 9.97 Å². The Kier molecular flexibility index (Phi) is 3.64. The molecular weight excluding hydrogens is 264 g/mol. The standard InChI is InChI=1S/C16H20N4O/c1-10(2)14-15(17)18-9-19-16(14)20-12-7-8-21-13-6-4-3-5-11(12)13/h3-6,9-10,12H,7-8H2,1-2H3,(H3,17,18,19,20). The van der Waals surface area contributed by atoms with Gasteiger partial charge in [0.15, 0.2) is 0 Å². The van der Waals surface area contributed by atoms with E-state index in [2.05, 4.69) is 35.2 Å². The van der Waals surface area contributed by atoms with Crippen molar-refractivity contribution >= 4 is 11.6 Å². The molecule has 1 atom stereocenters. The van der Waals surface area contributed by atoms with Crippen molar-refractivity contribution in [1.29, 1.82) is 0 Å². The van der Waals surface area contributed by atoms with Gasteiger partial charge in [-0.2, -0.15) is 0 Å². The van der Waals surface area contributed by atoms with Crippen molar-refractivity contribution < 1.29 is 4.74 Å². The van der Waals surface area contributed by atoms with E-state index in [1.54, 1.807) is 0 Å². The van der Waals surface area contributed by atoms with Crippen molar-refractivity contribution in [2.45, 2.75) is 32.2 Å². The second-order valence-corrected chi connectivity index (χ2v) is 5.55. The lowest BCUT2D eigenvalue weighted by Crippen LogP contribution is -2.22. The molecule has 3 N–H and O–H groups in total. The van der Waals surface area contributed by atoms with Gasteiger partial charge >= 0.3 is 0 Å². The van der Waals surface area contributed by atoms with Crippen LogP contribution in [-0.2, 0) is 0 Å². The third-order valence-corrected chi connectivity index (χ3v) is 3.76. The van der Waals surface area contributed by atoms with Gasteiger partial charge in [0, 0.05) is 17.5 Å². The summed E-state index contributed by atoms with van der Waals surface area (Å²) in [5.74, 6) is 2.57. The lowest BCUT2D eigenvalue weighted by Gasteiger charge is -2.28. The molecule has 0 aliphatic carbocycles. The minimum atomic E-state index is 0.182. The Bertz CT molecular complexity index is 642. The monoisotopic (exact) mass is 284 g/mol. The van der Waals surface area contributed by atoms with Gasteiger partial charge in [-0.25, -0.2) is 9.97 Å². The van der Waals surface area contributed by atoms with Crippen LogP contribution in [0.3, 0.4) is 0 Å². The van der Waals surface area contributed by atoms with Crippen LogP contribution in [0.1, 0.15) is 43.4 Å². The van der Waals surface area contributed by atoms with Crippen molar-refractivity contribution in [3.05, 3.63) is 41.7 Å². The number of nitrogens with two attached hydrogens (primary N) is 1. The van der Waals surface area contributed by atoms with Crippen molar-refractivity contribution in [3.8, 4) is 5.75 Å². The fourth-order valence-electron chi connectivity index (χ4n) is 2.75. The fraction of sp³-hybridized carbons (Fsp3) is 0.375. The Morgan fingerprint density at radius 2 is 2.10 bits per heavy atom. The molecule has 0 saturated heterocycles. The van der Waals surface area contributed by atoms with Crippen LogP contribution in [0.2, 0.25) is 0 Å². The molecule has 1 aromatic heterocycles. The van der Waals surface area contributed by atoms with Crippen LogP contribution in [0.4, 0.5) is 11.6 Å². The lowest BCUT2D eigenvalue weighted by atomic mass is 9.99. The molecule has 5 heteroatoms. The first-order chi connectivity index (χ1) is 10.2. The zero-order valence-electron chi connectivity index (χ0n) is 12.3. The van der Waals surface area contributed by atoms with E-state index in [0.717, 1.165) is 29.1 Å². The van der Waals surface area contributed by atoms with E-state index in [-0.39, 0.29) is 12.0 Å². The minimum absolute atomic E-state index is 0.182. The van der Waals surface area contributed by atoms with Crippen LogP contribution in [0, 0.1) is 0 Å². The van der Waals surface area contributed by atoms with Crippen LogP contribution in [0.15, 0.2) is 30.6 Å². The number of hydrogen-bond acceptors (Lipinski definition) is 5. The quantitative estimate of drug-likeness (QED) is 0.906. The van der Waals surface area contributed by atoms with Gasteiger partial charge in [0.05, 0.1) is 12.6 Å². The molecule has 5 nitrogen and oxygen atoms in total. The smallest absolute Gasteiger partial charge is 0.135 e. The molecule has 0 bridgehead atoms. The molecule has 1 aliphatic heterocycles. The number of fused-ring (bicyclic) bond motifs is 1. The molecule has 110 valence electrons. The molecule has 1 unspecified atom stereocenters. The number of hydrogen-bond donors (Lipinski definition) is 2. The van der Waals surface area contributed by atoms with E-state index < -0.39 is 0 Å². The van der Waals surface area contributed by atoms with Crippen LogP contribution in [0.5, 0.6) is 5.75 Å². The highest BCUT2D eigenvalue weighted by molar-refractivity contribution is 5.58. The predicted octanol–water partition coefficient (Wildman–Crippen LogP) is 3.12. The summed E-state index contributed by atoms with van der Waals surface area (Å²) in [5.41, 5.74) is 8.14. The Morgan fingerprint density at radius 1 is 1.29 bits per heavy atom. The third kappa shape index (κ3) is 2.63. The molecule has 0 fully saturated rings. The summed E-state index contributed by atoms with van der Waals surface area (Å²) in [4.78, 5) is 8.49. The molecule has 2 aromatic rings. The molecule has 0 spiro atoms. The number of benzene rings is 1. The van der Waals surface area contributed by atoms with E-state index in [9.17, 15) is 0 Å². The first-order valence-corrected chi connectivity index (χ1v) is 7.25. The molecule has 0 amide bonds. The highest BCUT2D eigenvalue weighted by Gasteiger charge is 2.23. The number of anilines is 2. The fourth-order valence-corrected chi connectivity index (χ4v) is 2.75. The van der Waals surface area contributed by atoms with Crippen molar-refractivity contribution in [2.75, 3.05) is 17.7 Å². The van der Waals surface area contributed by atoms with E-state index in [1.807, 2.05) is 18.2 Å². The van der Waals surface area contributed by atoms with Gasteiger partial charge in [0.2, 0.25) is 0 Å². The van der Waals surface area contributed by atoms with Gasteiger partial charge in [-0.15, -0.1) is 0 Å². The molecule has 0 saturated carbocycles. The Morgan fingerprint density at radius 3 is 2.90 bits per heavy atom. The number of ether oxygens (including phenoxy) is 1. The number of nitrogens with zero attached hydrogens (tertiary/aromatic N) is 2. The number of aromatic nitrogens is 2. The lowest BCUT2D eigenvalue weighted by molar-refractivity contribution is 0.274. The topological polar surface area (TPSA) is 73.1 Å². The van der Waals surface area contributed by atoms with Gasteiger partial charge in [-0.1, -0.05) is 32.0 Å². The van der Waals surface area contributed by atoms with Crippen LogP contribution >= 0.6 is 0 Å². The van der Waals surface area contributed by atoms with Crippen molar-refractivity contribution in [2.24, 2.45) is 0 Å². The van der Waals surface area contributed by atoms with Crippen molar-refractivity contribution in [3.63, 3.8) is 0 Å². The normalized spacial score (nSPS) is 17.2. The van der Waals surface area contributed by atoms with E-state index in [4.69, 9.17) is 10.5 Å². The van der Waals surface area contributed by atoms with Gasteiger partial charge in [-0.05, 0) is 12.0 Å². The number of para-hydroxylation sites is 1. The summed E-state index contributed by atoms with van der Waals surface area (Å²) < 4.78 is 5.70. The van der Waals surface area contributed by atoms with Crippen LogP contribution < -0.4 is 15.8 Å². The van der Waals surface area contributed by atoms with Gasteiger partial charge in [-0.3, -0.25) is 0 Å². The summed E-state index contributed by atoms with van der Waals surface area (Å²) in [5, 5.41) is 3.52. The molecule has 1 aliphatic rings. The number of nitrogens with one attached hydrogen (secondary N) is 1. The zero-order chi connectivity index (χ0) is 14.8. The zero-order valence-corrected chi connectivity index (χ0v) is 12.3. The number of rotatable bonds is 3. The average Bonchev–Trinajstić information content (AvgIpc) is 2.47. The van der Waals surface area contributed by atoms with Gasteiger partial charge in [0.25, 0.3) is 0 Å². The highest BCUT2D eigenvalue weighted by atomic mass is 16.5. The maximum absolute atomic E-state index is 6.01. The second-order valence-electron chi connectivity index (χ2n) is 5.55. The Hall–Kier alpha value is -2.30. The highest BCUT2D eigenvalue weighted by Crippen LogP contribution is 2.36. The van der Waals surface area contributed by atoms with Gasteiger partial charge < -0.3 is 15.8 Å². The first kappa shape index (κ1) is 13.7. The summed E-state index contributed by atoms with van der Waals surface area (Å²) in [6.45, 7) is 4.89. The molecule has 21 heavy (non-hydrogen) atoms.